The molecule has 4 rings (SSSR count). The standard InChI is InChI=1S/C24H19Br2N2OP/c25-19-11-15-21(16-12-19)27-28(22-17-13-20(26)14-18-22)30(29,23-7-3-1-4-8-23)24-9-5-2-6-10-24/h1-18,27H. The summed E-state index contributed by atoms with van der Waals surface area (Å²) in [6.45, 7) is 0. The van der Waals surface area contributed by atoms with Gasteiger partial charge in [0, 0.05) is 19.6 Å². The Hall–Kier alpha value is -2.33. The van der Waals surface area contributed by atoms with Crippen molar-refractivity contribution in [3.8, 4) is 0 Å². The molecule has 0 fully saturated rings. The molecule has 0 aromatic heterocycles. The largest absolute Gasteiger partial charge is 0.292 e. The summed E-state index contributed by atoms with van der Waals surface area (Å²) in [7, 11) is -3.25. The van der Waals surface area contributed by atoms with Crippen LogP contribution in [-0.2, 0) is 4.57 Å². The van der Waals surface area contributed by atoms with Crippen molar-refractivity contribution in [1.82, 2.24) is 0 Å². The molecule has 0 unspecified atom stereocenters. The van der Waals surface area contributed by atoms with Gasteiger partial charge in [-0.1, -0.05) is 68.3 Å². The van der Waals surface area contributed by atoms with Gasteiger partial charge in [0.1, 0.15) is 0 Å². The number of anilines is 2. The lowest BCUT2D eigenvalue weighted by Crippen LogP contribution is -2.36. The Morgan fingerprint density at radius 1 is 0.600 bits per heavy atom. The van der Waals surface area contributed by atoms with E-state index in [4.69, 9.17) is 0 Å². The first-order valence-electron chi connectivity index (χ1n) is 9.37. The molecule has 0 radical (unpaired) electrons. The lowest BCUT2D eigenvalue weighted by Gasteiger charge is -2.35. The molecule has 0 atom stereocenters. The Labute approximate surface area is 193 Å². The predicted octanol–water partition coefficient (Wildman–Crippen LogP) is 6.97. The average molecular weight is 542 g/mol. The molecule has 3 nitrogen and oxygen atoms in total. The first kappa shape index (κ1) is 20.9. The van der Waals surface area contributed by atoms with Crippen LogP contribution >= 0.6 is 39.2 Å². The number of halogens is 2. The molecular formula is C24H19Br2N2OP. The molecule has 4 aromatic rings. The summed E-state index contributed by atoms with van der Waals surface area (Å²) in [5.74, 6) is 0. The molecule has 150 valence electrons. The van der Waals surface area contributed by atoms with Crippen LogP contribution in [0.4, 0.5) is 11.4 Å². The maximum atomic E-state index is 14.9. The van der Waals surface area contributed by atoms with Crippen molar-refractivity contribution in [3.63, 3.8) is 0 Å². The van der Waals surface area contributed by atoms with Crippen LogP contribution < -0.4 is 20.8 Å². The van der Waals surface area contributed by atoms with E-state index in [0.29, 0.717) is 0 Å². The minimum absolute atomic E-state index is 0.753. The molecular weight excluding hydrogens is 523 g/mol. The van der Waals surface area contributed by atoms with Gasteiger partial charge in [0.05, 0.1) is 11.4 Å². The highest BCUT2D eigenvalue weighted by molar-refractivity contribution is 9.10. The van der Waals surface area contributed by atoms with E-state index >= 15 is 0 Å². The van der Waals surface area contributed by atoms with Crippen LogP contribution in [0.5, 0.6) is 0 Å². The number of nitrogens with zero attached hydrogens (tertiary/aromatic N) is 1. The van der Waals surface area contributed by atoms with Crippen LogP contribution in [0.3, 0.4) is 0 Å². The SMILES string of the molecule is O=P(c1ccccc1)(c1ccccc1)N(Nc1ccc(Br)cc1)c1ccc(Br)cc1. The topological polar surface area (TPSA) is 32.3 Å². The van der Waals surface area contributed by atoms with Crippen LogP contribution in [0.1, 0.15) is 0 Å². The summed E-state index contributed by atoms with van der Waals surface area (Å²) < 4.78 is 18.7. The third-order valence-electron chi connectivity index (χ3n) is 4.64. The van der Waals surface area contributed by atoms with Crippen molar-refractivity contribution in [2.45, 2.75) is 0 Å². The molecule has 6 heteroatoms. The van der Waals surface area contributed by atoms with Gasteiger partial charge >= 0.3 is 0 Å². The van der Waals surface area contributed by atoms with Crippen molar-refractivity contribution in [2.75, 3.05) is 10.2 Å². The minimum atomic E-state index is -3.25. The first-order valence-corrected chi connectivity index (χ1v) is 12.6. The zero-order valence-corrected chi connectivity index (χ0v) is 20.0. The highest BCUT2D eigenvalue weighted by Crippen LogP contribution is 2.50. The molecule has 0 aliphatic heterocycles. The van der Waals surface area contributed by atoms with Crippen LogP contribution in [0.2, 0.25) is 0 Å². The highest BCUT2D eigenvalue weighted by atomic mass is 79.9. The summed E-state index contributed by atoms with van der Waals surface area (Å²) in [5, 5.41) is 1.51. The fourth-order valence-corrected chi connectivity index (χ4v) is 6.32. The maximum Gasteiger partial charge on any atom is 0.247 e. The fraction of sp³-hybridized carbons (Fsp3) is 0. The van der Waals surface area contributed by atoms with Crippen LogP contribution in [0.15, 0.2) is 118 Å². The van der Waals surface area contributed by atoms with Gasteiger partial charge in [-0.2, -0.15) is 0 Å². The van der Waals surface area contributed by atoms with Crippen LogP contribution in [0, 0.1) is 0 Å². The molecule has 0 spiro atoms. The molecule has 0 aliphatic carbocycles. The fourth-order valence-electron chi connectivity index (χ4n) is 3.17. The number of hydrogen-bond acceptors (Lipinski definition) is 2. The Morgan fingerprint density at radius 3 is 1.50 bits per heavy atom. The van der Waals surface area contributed by atoms with Crippen molar-refractivity contribution < 1.29 is 4.57 Å². The number of rotatable bonds is 6. The van der Waals surface area contributed by atoms with Crippen LogP contribution in [-0.4, -0.2) is 0 Å². The average Bonchev–Trinajstić information content (AvgIpc) is 2.80. The molecule has 1 N–H and O–H groups in total. The molecule has 0 bridgehead atoms. The van der Waals surface area contributed by atoms with E-state index in [-0.39, 0.29) is 0 Å². The van der Waals surface area contributed by atoms with Gasteiger partial charge in [-0.3, -0.25) is 9.99 Å². The Morgan fingerprint density at radius 2 is 1.03 bits per heavy atom. The molecule has 0 amide bonds. The van der Waals surface area contributed by atoms with Crippen molar-refractivity contribution in [2.24, 2.45) is 0 Å². The molecule has 0 aliphatic rings. The van der Waals surface area contributed by atoms with Gasteiger partial charge in [-0.15, -0.1) is 0 Å². The van der Waals surface area contributed by atoms with Crippen LogP contribution in [0.25, 0.3) is 0 Å². The number of benzene rings is 4. The van der Waals surface area contributed by atoms with Crippen molar-refractivity contribution >= 4 is 61.1 Å². The van der Waals surface area contributed by atoms with E-state index in [2.05, 4.69) is 37.3 Å². The van der Waals surface area contributed by atoms with E-state index < -0.39 is 7.29 Å². The summed E-state index contributed by atoms with van der Waals surface area (Å²) in [4.78, 5) is 0. The third kappa shape index (κ3) is 4.39. The van der Waals surface area contributed by atoms with Crippen molar-refractivity contribution in [3.05, 3.63) is 118 Å². The normalized spacial score (nSPS) is 11.1. The smallest absolute Gasteiger partial charge is 0.247 e. The molecule has 0 heterocycles. The van der Waals surface area contributed by atoms with E-state index in [9.17, 15) is 4.57 Å². The summed E-state index contributed by atoms with van der Waals surface area (Å²) in [5.41, 5.74) is 5.06. The molecule has 4 aromatic carbocycles. The lowest BCUT2D eigenvalue weighted by atomic mass is 10.3. The Balaban J connectivity index is 1.92. The Bertz CT molecular complexity index is 1110. The van der Waals surface area contributed by atoms with E-state index in [1.807, 2.05) is 109 Å². The number of nitrogens with one attached hydrogen (secondary N) is 1. The second kappa shape index (κ2) is 9.22. The zero-order valence-electron chi connectivity index (χ0n) is 16.0. The van der Waals surface area contributed by atoms with Gasteiger partial charge in [0.15, 0.2) is 0 Å². The zero-order chi connectivity index (χ0) is 21.0. The Kier molecular flexibility index (Phi) is 6.43. The molecule has 30 heavy (non-hydrogen) atoms. The second-order valence-corrected chi connectivity index (χ2v) is 11.1. The molecule has 0 saturated carbocycles. The van der Waals surface area contributed by atoms with E-state index in [1.54, 1.807) is 4.78 Å². The first-order chi connectivity index (χ1) is 14.6. The summed E-state index contributed by atoms with van der Waals surface area (Å²) >= 11 is 6.97. The number of hydrazine groups is 1. The van der Waals surface area contributed by atoms with E-state index in [0.717, 1.165) is 30.9 Å². The van der Waals surface area contributed by atoms with Gasteiger partial charge in [0.2, 0.25) is 7.29 Å². The minimum Gasteiger partial charge on any atom is -0.292 e. The van der Waals surface area contributed by atoms with Gasteiger partial charge < -0.3 is 0 Å². The van der Waals surface area contributed by atoms with Crippen molar-refractivity contribution in [1.29, 1.82) is 0 Å². The summed E-state index contributed by atoms with van der Waals surface area (Å²) in [6, 6.07) is 34.9. The maximum absolute atomic E-state index is 14.9. The second-order valence-electron chi connectivity index (χ2n) is 6.65. The predicted molar refractivity (Wildman–Crippen MR) is 134 cm³/mol. The van der Waals surface area contributed by atoms with Gasteiger partial charge in [0.25, 0.3) is 0 Å². The lowest BCUT2D eigenvalue weighted by molar-refractivity contribution is 0.586. The number of hydrogen-bond donors (Lipinski definition) is 1. The monoisotopic (exact) mass is 540 g/mol. The summed E-state index contributed by atoms with van der Waals surface area (Å²) in [6.07, 6.45) is 0. The highest BCUT2D eigenvalue weighted by Gasteiger charge is 2.35. The van der Waals surface area contributed by atoms with Gasteiger partial charge in [-0.05, 0) is 72.8 Å². The third-order valence-corrected chi connectivity index (χ3v) is 8.59. The quantitative estimate of drug-likeness (QED) is 0.211. The van der Waals surface area contributed by atoms with Gasteiger partial charge in [-0.25, -0.2) is 4.78 Å². The van der Waals surface area contributed by atoms with E-state index in [1.165, 1.54) is 0 Å². The molecule has 0 saturated heterocycles.